The van der Waals surface area contributed by atoms with Gasteiger partial charge in [0, 0.05) is 57.4 Å². The highest BCUT2D eigenvalue weighted by Gasteiger charge is 2.21. The van der Waals surface area contributed by atoms with Crippen molar-refractivity contribution >= 4 is 5.91 Å². The Kier molecular flexibility index (Phi) is 6.84. The van der Waals surface area contributed by atoms with Crippen LogP contribution < -0.4 is 10.6 Å². The number of carbonyl (C=O) groups excluding carboxylic acids is 1. The highest BCUT2D eigenvalue weighted by atomic mass is 16.5. The molecule has 1 aromatic heterocycles. The zero-order valence-corrected chi connectivity index (χ0v) is 13.8. The van der Waals surface area contributed by atoms with Crippen LogP contribution in [-0.2, 0) is 28.5 Å². The number of hydrogen-bond donors (Lipinski definition) is 2. The summed E-state index contributed by atoms with van der Waals surface area (Å²) in [7, 11) is 3.55. The number of carbonyl (C=O) groups is 1. The van der Waals surface area contributed by atoms with Gasteiger partial charge in [0.25, 0.3) is 0 Å². The molecule has 0 spiro atoms. The first-order valence-electron chi connectivity index (χ1n) is 7.34. The molecule has 21 heavy (non-hydrogen) atoms. The van der Waals surface area contributed by atoms with Gasteiger partial charge in [0.2, 0.25) is 5.91 Å². The Morgan fingerprint density at radius 2 is 2.10 bits per heavy atom. The second-order valence-corrected chi connectivity index (χ2v) is 6.20. The fraction of sp³-hybridized carbons (Fsp3) is 0.733. The molecule has 0 aliphatic heterocycles. The number of rotatable bonds is 8. The van der Waals surface area contributed by atoms with Crippen molar-refractivity contribution in [3.05, 3.63) is 17.5 Å². The van der Waals surface area contributed by atoms with Gasteiger partial charge in [-0.3, -0.25) is 9.48 Å². The summed E-state index contributed by atoms with van der Waals surface area (Å²) in [5.41, 5.74) is 2.31. The average molecular weight is 296 g/mol. The molecule has 0 saturated carbocycles. The van der Waals surface area contributed by atoms with Gasteiger partial charge in [-0.15, -0.1) is 0 Å². The molecule has 0 aliphatic rings. The first kappa shape index (κ1) is 17.7. The van der Waals surface area contributed by atoms with Crippen molar-refractivity contribution in [2.24, 2.45) is 7.05 Å². The predicted octanol–water partition coefficient (Wildman–Crippen LogP) is 0.960. The Balaban J connectivity index is 2.35. The van der Waals surface area contributed by atoms with Crippen molar-refractivity contribution in [1.82, 2.24) is 20.4 Å². The van der Waals surface area contributed by atoms with E-state index in [1.807, 2.05) is 17.9 Å². The third kappa shape index (κ3) is 6.27. The van der Waals surface area contributed by atoms with Crippen molar-refractivity contribution < 1.29 is 9.53 Å². The molecule has 0 fully saturated rings. The zero-order valence-electron chi connectivity index (χ0n) is 13.8. The van der Waals surface area contributed by atoms with Gasteiger partial charge in [0.15, 0.2) is 0 Å². The lowest BCUT2D eigenvalue weighted by atomic mass is 9.89. The van der Waals surface area contributed by atoms with E-state index in [9.17, 15) is 4.79 Å². The second kappa shape index (κ2) is 8.14. The van der Waals surface area contributed by atoms with Crippen LogP contribution in [0, 0.1) is 0 Å². The highest BCUT2D eigenvalue weighted by molar-refractivity contribution is 5.76. The molecule has 0 aromatic carbocycles. The molecule has 1 heterocycles. The molecule has 0 unspecified atom stereocenters. The molecule has 2 N–H and O–H groups in total. The van der Waals surface area contributed by atoms with E-state index in [1.165, 1.54) is 5.56 Å². The SMILES string of the molecule is COCCNC(=O)CCNCc1cn(C)nc1C(C)(C)C. The third-order valence-corrected chi connectivity index (χ3v) is 3.09. The smallest absolute Gasteiger partial charge is 0.221 e. The number of nitrogens with one attached hydrogen (secondary N) is 2. The summed E-state index contributed by atoms with van der Waals surface area (Å²) in [5, 5.41) is 10.6. The van der Waals surface area contributed by atoms with Crippen LogP contribution >= 0.6 is 0 Å². The van der Waals surface area contributed by atoms with Crippen LogP contribution in [0.4, 0.5) is 0 Å². The Bertz CT molecular complexity index is 449. The number of aryl methyl sites for hydroxylation is 1. The summed E-state index contributed by atoms with van der Waals surface area (Å²) in [6, 6.07) is 0. The Labute approximate surface area is 127 Å². The molecule has 6 heteroatoms. The fourth-order valence-corrected chi connectivity index (χ4v) is 2.10. The second-order valence-electron chi connectivity index (χ2n) is 6.20. The third-order valence-electron chi connectivity index (χ3n) is 3.09. The number of amides is 1. The first-order valence-corrected chi connectivity index (χ1v) is 7.34. The van der Waals surface area contributed by atoms with Crippen LogP contribution in [0.25, 0.3) is 0 Å². The number of nitrogens with zero attached hydrogens (tertiary/aromatic N) is 2. The first-order chi connectivity index (χ1) is 9.84. The van der Waals surface area contributed by atoms with Gasteiger partial charge in [0.05, 0.1) is 12.3 Å². The quantitative estimate of drug-likeness (QED) is 0.701. The molecular formula is C15H28N4O2. The Morgan fingerprint density at radius 3 is 2.71 bits per heavy atom. The van der Waals surface area contributed by atoms with Gasteiger partial charge in [-0.05, 0) is 0 Å². The molecule has 0 saturated heterocycles. The van der Waals surface area contributed by atoms with E-state index in [4.69, 9.17) is 4.74 Å². The molecule has 0 aliphatic carbocycles. The van der Waals surface area contributed by atoms with Gasteiger partial charge in [0.1, 0.15) is 0 Å². The molecule has 1 rings (SSSR count). The fourth-order valence-electron chi connectivity index (χ4n) is 2.10. The largest absolute Gasteiger partial charge is 0.383 e. The molecule has 1 amide bonds. The lowest BCUT2D eigenvalue weighted by molar-refractivity contribution is -0.121. The van der Waals surface area contributed by atoms with Crippen LogP contribution in [0.1, 0.15) is 38.4 Å². The van der Waals surface area contributed by atoms with Crippen LogP contribution in [0.3, 0.4) is 0 Å². The highest BCUT2D eigenvalue weighted by Crippen LogP contribution is 2.23. The standard InChI is InChI=1S/C15H28N4O2/c1-15(2,3)14-12(11-19(4)18-14)10-16-7-6-13(20)17-8-9-21-5/h11,16H,6-10H2,1-5H3,(H,17,20). The van der Waals surface area contributed by atoms with Gasteiger partial charge in [-0.25, -0.2) is 0 Å². The van der Waals surface area contributed by atoms with Gasteiger partial charge in [-0.1, -0.05) is 20.8 Å². The van der Waals surface area contributed by atoms with Crippen molar-refractivity contribution in [2.75, 3.05) is 26.8 Å². The van der Waals surface area contributed by atoms with E-state index >= 15 is 0 Å². The number of methoxy groups -OCH3 is 1. The lowest BCUT2D eigenvalue weighted by Crippen LogP contribution is -2.30. The van der Waals surface area contributed by atoms with Crippen molar-refractivity contribution in [3.63, 3.8) is 0 Å². The minimum absolute atomic E-state index is 0.0236. The van der Waals surface area contributed by atoms with E-state index in [0.29, 0.717) is 26.1 Å². The molecule has 6 nitrogen and oxygen atoms in total. The summed E-state index contributed by atoms with van der Waals surface area (Å²) in [6.07, 6.45) is 2.50. The Hall–Kier alpha value is -1.40. The van der Waals surface area contributed by atoms with E-state index in [0.717, 1.165) is 12.2 Å². The number of ether oxygens (including phenoxy) is 1. The van der Waals surface area contributed by atoms with Crippen molar-refractivity contribution in [3.8, 4) is 0 Å². The van der Waals surface area contributed by atoms with E-state index in [2.05, 4.69) is 36.5 Å². The van der Waals surface area contributed by atoms with Crippen molar-refractivity contribution in [2.45, 2.75) is 39.2 Å². The predicted molar refractivity (Wildman–Crippen MR) is 83.1 cm³/mol. The average Bonchev–Trinajstić information content (AvgIpc) is 2.76. The number of aromatic nitrogens is 2. The van der Waals surface area contributed by atoms with Gasteiger partial charge < -0.3 is 15.4 Å². The normalized spacial score (nSPS) is 11.7. The van der Waals surface area contributed by atoms with Crippen molar-refractivity contribution in [1.29, 1.82) is 0 Å². The molecule has 0 bridgehead atoms. The topological polar surface area (TPSA) is 68.2 Å². The maximum absolute atomic E-state index is 11.5. The van der Waals surface area contributed by atoms with E-state index in [1.54, 1.807) is 7.11 Å². The summed E-state index contributed by atoms with van der Waals surface area (Å²) in [6.45, 7) is 8.95. The molecule has 0 radical (unpaired) electrons. The molecule has 0 atom stereocenters. The van der Waals surface area contributed by atoms with Gasteiger partial charge >= 0.3 is 0 Å². The lowest BCUT2D eigenvalue weighted by Gasteiger charge is -2.17. The monoisotopic (exact) mass is 296 g/mol. The molecule has 120 valence electrons. The number of hydrogen-bond acceptors (Lipinski definition) is 4. The van der Waals surface area contributed by atoms with E-state index < -0.39 is 0 Å². The summed E-state index contributed by atoms with van der Waals surface area (Å²) in [4.78, 5) is 11.5. The molecule has 1 aromatic rings. The van der Waals surface area contributed by atoms with E-state index in [-0.39, 0.29) is 11.3 Å². The summed E-state index contributed by atoms with van der Waals surface area (Å²) < 4.78 is 6.73. The maximum Gasteiger partial charge on any atom is 0.221 e. The summed E-state index contributed by atoms with van der Waals surface area (Å²) >= 11 is 0. The van der Waals surface area contributed by atoms with Gasteiger partial charge in [-0.2, -0.15) is 5.10 Å². The van der Waals surface area contributed by atoms with Crippen LogP contribution in [0.2, 0.25) is 0 Å². The summed E-state index contributed by atoms with van der Waals surface area (Å²) in [5.74, 6) is 0.0433. The minimum Gasteiger partial charge on any atom is -0.383 e. The zero-order chi connectivity index (χ0) is 15.9. The maximum atomic E-state index is 11.5. The van der Waals surface area contributed by atoms with Crippen LogP contribution in [0.15, 0.2) is 6.20 Å². The van der Waals surface area contributed by atoms with Crippen LogP contribution in [0.5, 0.6) is 0 Å². The Morgan fingerprint density at radius 1 is 1.38 bits per heavy atom. The van der Waals surface area contributed by atoms with Crippen LogP contribution in [-0.4, -0.2) is 42.5 Å². The molecular weight excluding hydrogens is 268 g/mol. The minimum atomic E-state index is 0.0236.